The lowest BCUT2D eigenvalue weighted by molar-refractivity contribution is 0.395. The van der Waals surface area contributed by atoms with Crippen molar-refractivity contribution in [3.63, 3.8) is 0 Å². The number of imidazole rings is 1. The van der Waals surface area contributed by atoms with Crippen molar-refractivity contribution in [2.75, 3.05) is 6.26 Å². The quantitative estimate of drug-likeness (QED) is 0.354. The summed E-state index contributed by atoms with van der Waals surface area (Å²) in [6.45, 7) is 0. The van der Waals surface area contributed by atoms with Crippen LogP contribution in [0.4, 0.5) is 4.39 Å². The van der Waals surface area contributed by atoms with Crippen LogP contribution < -0.4 is 9.47 Å². The van der Waals surface area contributed by atoms with Crippen molar-refractivity contribution in [3.8, 4) is 34.5 Å². The minimum Gasteiger partial charge on any atom is -0.452 e. The third-order valence-electron chi connectivity index (χ3n) is 4.72. The number of rotatable bonds is 6. The molecule has 4 heterocycles. The Morgan fingerprint density at radius 1 is 0.882 bits per heavy atom. The van der Waals surface area contributed by atoms with Crippen LogP contribution in [0.15, 0.2) is 78.2 Å². The van der Waals surface area contributed by atoms with E-state index in [9.17, 15) is 12.8 Å². The van der Waals surface area contributed by atoms with Gasteiger partial charge in [0.1, 0.15) is 11.4 Å². The van der Waals surface area contributed by atoms with E-state index in [1.165, 1.54) is 30.6 Å². The number of sulfone groups is 1. The molecule has 0 fully saturated rings. The molecule has 0 saturated carbocycles. The monoisotopic (exact) mass is 477 g/mol. The predicted molar refractivity (Wildman–Crippen MR) is 121 cm³/mol. The summed E-state index contributed by atoms with van der Waals surface area (Å²) in [4.78, 5) is 19.6. The number of hydrogen-bond donors (Lipinski definition) is 1. The van der Waals surface area contributed by atoms with E-state index >= 15 is 0 Å². The molecule has 9 nitrogen and oxygen atoms in total. The van der Waals surface area contributed by atoms with Crippen molar-refractivity contribution < 1.29 is 22.3 Å². The van der Waals surface area contributed by atoms with Crippen molar-refractivity contribution in [3.05, 3.63) is 79.1 Å². The first-order valence-corrected chi connectivity index (χ1v) is 11.8. The highest BCUT2D eigenvalue weighted by Crippen LogP contribution is 2.38. The second-order valence-corrected chi connectivity index (χ2v) is 9.18. The van der Waals surface area contributed by atoms with Crippen molar-refractivity contribution in [1.82, 2.24) is 24.9 Å². The molecule has 0 aliphatic carbocycles. The fourth-order valence-electron chi connectivity index (χ4n) is 3.14. The van der Waals surface area contributed by atoms with Gasteiger partial charge in [0.25, 0.3) is 5.95 Å². The van der Waals surface area contributed by atoms with E-state index in [0.717, 1.165) is 6.26 Å². The molecule has 0 aliphatic heterocycles. The molecule has 0 saturated heterocycles. The van der Waals surface area contributed by atoms with Crippen LogP contribution in [-0.4, -0.2) is 39.6 Å². The van der Waals surface area contributed by atoms with Gasteiger partial charge in [-0.15, -0.1) is 0 Å². The molecule has 0 radical (unpaired) electrons. The van der Waals surface area contributed by atoms with Crippen LogP contribution in [0.5, 0.6) is 23.0 Å². The van der Waals surface area contributed by atoms with Gasteiger partial charge in [-0.2, -0.15) is 4.39 Å². The number of benzene rings is 1. The molecule has 11 heteroatoms. The zero-order valence-electron chi connectivity index (χ0n) is 17.6. The number of pyridine rings is 3. The smallest absolute Gasteiger partial charge is 0.255 e. The average Bonchev–Trinajstić information content (AvgIpc) is 3.24. The van der Waals surface area contributed by atoms with E-state index in [1.54, 1.807) is 30.5 Å². The Labute approximate surface area is 193 Å². The lowest BCUT2D eigenvalue weighted by Crippen LogP contribution is -2.00. The van der Waals surface area contributed by atoms with Crippen LogP contribution in [0.25, 0.3) is 22.6 Å². The van der Waals surface area contributed by atoms with E-state index in [2.05, 4.69) is 24.9 Å². The molecule has 1 aromatic carbocycles. The summed E-state index contributed by atoms with van der Waals surface area (Å²) in [6, 6.07) is 14.5. The highest BCUT2D eigenvalue weighted by atomic mass is 32.2. The number of nitrogens with one attached hydrogen (secondary N) is 1. The van der Waals surface area contributed by atoms with Gasteiger partial charge in [0, 0.05) is 30.8 Å². The Kier molecular flexibility index (Phi) is 5.38. The van der Waals surface area contributed by atoms with E-state index in [0.29, 0.717) is 22.6 Å². The van der Waals surface area contributed by atoms with Gasteiger partial charge in [-0.05, 0) is 36.4 Å². The molecule has 0 spiro atoms. The number of aromatic amines is 1. The minimum atomic E-state index is -3.46. The van der Waals surface area contributed by atoms with Crippen LogP contribution in [0.2, 0.25) is 0 Å². The molecule has 34 heavy (non-hydrogen) atoms. The Morgan fingerprint density at radius 2 is 1.71 bits per heavy atom. The van der Waals surface area contributed by atoms with Gasteiger partial charge in [0.05, 0.1) is 17.2 Å². The van der Waals surface area contributed by atoms with E-state index < -0.39 is 15.8 Å². The van der Waals surface area contributed by atoms with E-state index in [-0.39, 0.29) is 28.0 Å². The number of nitrogens with zero attached hydrogens (tertiary/aromatic N) is 4. The molecule has 0 unspecified atom stereocenters. The maximum Gasteiger partial charge on any atom is 0.255 e. The summed E-state index contributed by atoms with van der Waals surface area (Å²) >= 11 is 0. The number of hydrogen-bond acceptors (Lipinski definition) is 8. The lowest BCUT2D eigenvalue weighted by atomic mass is 10.2. The van der Waals surface area contributed by atoms with Crippen molar-refractivity contribution >= 4 is 20.9 Å². The first-order valence-electron chi connectivity index (χ1n) is 9.94. The van der Waals surface area contributed by atoms with Crippen LogP contribution >= 0.6 is 0 Å². The van der Waals surface area contributed by atoms with Crippen molar-refractivity contribution in [1.29, 1.82) is 0 Å². The lowest BCUT2D eigenvalue weighted by Gasteiger charge is -2.12. The Morgan fingerprint density at radius 3 is 2.41 bits per heavy atom. The molecule has 5 rings (SSSR count). The van der Waals surface area contributed by atoms with Gasteiger partial charge in [-0.3, -0.25) is 4.98 Å². The topological polar surface area (TPSA) is 120 Å². The Hall–Kier alpha value is -4.38. The standard InChI is InChI=1S/C23H16FN5O4S/c1-34(30,31)21-8-7-14(13-27-21)32-19-11-16-17(29-23(28-16)15-5-2-3-9-25-15)12-20(19)33-18-6-4-10-26-22(18)24/h2-13H,1H3,(H,28,29). The molecule has 1 N–H and O–H groups in total. The number of H-pyrrole nitrogens is 1. The summed E-state index contributed by atoms with van der Waals surface area (Å²) in [7, 11) is -3.46. The fraction of sp³-hybridized carbons (Fsp3) is 0.0435. The van der Waals surface area contributed by atoms with Crippen LogP contribution in [0.3, 0.4) is 0 Å². The van der Waals surface area contributed by atoms with Crippen molar-refractivity contribution in [2.24, 2.45) is 0 Å². The van der Waals surface area contributed by atoms with Gasteiger partial charge >= 0.3 is 0 Å². The average molecular weight is 477 g/mol. The SMILES string of the molecule is CS(=O)(=O)c1ccc(Oc2cc3[nH]c(-c4ccccn4)nc3cc2Oc2cccnc2F)cn1. The summed E-state index contributed by atoms with van der Waals surface area (Å²) in [6.07, 6.45) is 5.31. The Bertz CT molecular complexity index is 1590. The molecule has 5 aromatic rings. The number of halogens is 1. The van der Waals surface area contributed by atoms with Gasteiger partial charge in [-0.1, -0.05) is 6.07 Å². The molecular weight excluding hydrogens is 461 g/mol. The number of fused-ring (bicyclic) bond motifs is 1. The molecule has 0 atom stereocenters. The van der Waals surface area contributed by atoms with E-state index in [4.69, 9.17) is 9.47 Å². The van der Waals surface area contributed by atoms with Crippen molar-refractivity contribution in [2.45, 2.75) is 5.03 Å². The van der Waals surface area contributed by atoms with E-state index in [1.807, 2.05) is 12.1 Å². The predicted octanol–water partition coefficient (Wildman–Crippen LogP) is 4.54. The molecule has 4 aromatic heterocycles. The first kappa shape index (κ1) is 21.5. The third kappa shape index (κ3) is 4.41. The summed E-state index contributed by atoms with van der Waals surface area (Å²) in [5.74, 6) is 0.298. The van der Waals surface area contributed by atoms with Crippen LogP contribution in [0, 0.1) is 5.95 Å². The zero-order chi connectivity index (χ0) is 23.7. The molecule has 0 aliphatic rings. The number of ether oxygens (including phenoxy) is 2. The highest BCUT2D eigenvalue weighted by molar-refractivity contribution is 7.90. The van der Waals surface area contributed by atoms with Gasteiger partial charge in [0.2, 0.25) is 0 Å². The van der Waals surface area contributed by atoms with Crippen LogP contribution in [-0.2, 0) is 9.84 Å². The Balaban J connectivity index is 1.57. The fourth-order valence-corrected chi connectivity index (χ4v) is 3.70. The summed E-state index contributed by atoms with van der Waals surface area (Å²) in [5.41, 5.74) is 1.80. The maximum absolute atomic E-state index is 14.2. The molecule has 0 bridgehead atoms. The first-order chi connectivity index (χ1) is 16.4. The molecular formula is C23H16FN5O4S. The summed E-state index contributed by atoms with van der Waals surface area (Å²) in [5, 5.41) is -0.0854. The number of aromatic nitrogens is 5. The van der Waals surface area contributed by atoms with Crippen LogP contribution in [0.1, 0.15) is 0 Å². The highest BCUT2D eigenvalue weighted by Gasteiger charge is 2.17. The molecule has 170 valence electrons. The summed E-state index contributed by atoms with van der Waals surface area (Å²) < 4.78 is 49.2. The van der Waals surface area contributed by atoms with Gasteiger partial charge < -0.3 is 14.5 Å². The zero-order valence-corrected chi connectivity index (χ0v) is 18.5. The normalized spacial score (nSPS) is 11.5. The third-order valence-corrected chi connectivity index (χ3v) is 5.72. The van der Waals surface area contributed by atoms with Gasteiger partial charge in [-0.25, -0.2) is 23.4 Å². The molecule has 0 amide bonds. The van der Waals surface area contributed by atoms with Gasteiger partial charge in [0.15, 0.2) is 37.9 Å². The second-order valence-electron chi connectivity index (χ2n) is 7.22. The minimum absolute atomic E-state index is 0.0854. The maximum atomic E-state index is 14.2. The second kappa shape index (κ2) is 8.52. The largest absolute Gasteiger partial charge is 0.452 e.